The molecular weight excluding hydrogens is 200 g/mol. The van der Waals surface area contributed by atoms with Crippen molar-refractivity contribution in [2.45, 2.75) is 45.6 Å². The van der Waals surface area contributed by atoms with Gasteiger partial charge in [-0.2, -0.15) is 0 Å². The fourth-order valence-electron chi connectivity index (χ4n) is 2.51. The molecule has 2 N–H and O–H groups in total. The van der Waals surface area contributed by atoms with E-state index in [2.05, 4.69) is 24.1 Å². The predicted molar refractivity (Wildman–Crippen MR) is 68.6 cm³/mol. The van der Waals surface area contributed by atoms with Crippen molar-refractivity contribution in [3.05, 3.63) is 0 Å². The molecule has 1 heterocycles. The Bertz CT molecular complexity index is 167. The van der Waals surface area contributed by atoms with E-state index in [9.17, 15) is 0 Å². The van der Waals surface area contributed by atoms with Gasteiger partial charge in [0.15, 0.2) is 0 Å². The summed E-state index contributed by atoms with van der Waals surface area (Å²) in [6, 6.07) is 0.667. The molecule has 3 nitrogen and oxygen atoms in total. The number of rotatable bonds is 7. The van der Waals surface area contributed by atoms with Crippen molar-refractivity contribution in [1.29, 1.82) is 0 Å². The average molecular weight is 228 g/mol. The Labute approximate surface area is 100 Å². The first-order chi connectivity index (χ1) is 7.77. The highest BCUT2D eigenvalue weighted by atomic mass is 16.3. The van der Waals surface area contributed by atoms with Crippen LogP contribution in [0.2, 0.25) is 0 Å². The van der Waals surface area contributed by atoms with Crippen molar-refractivity contribution in [2.75, 3.05) is 32.8 Å². The van der Waals surface area contributed by atoms with Crippen LogP contribution in [0.5, 0.6) is 0 Å². The highest BCUT2D eigenvalue weighted by molar-refractivity contribution is 4.79. The molecule has 0 aromatic rings. The van der Waals surface area contributed by atoms with E-state index in [1.54, 1.807) is 0 Å². The molecular formula is C13H28N2O. The van der Waals surface area contributed by atoms with E-state index in [1.807, 2.05) is 0 Å². The first-order valence-electron chi connectivity index (χ1n) is 6.84. The van der Waals surface area contributed by atoms with Gasteiger partial charge in [0, 0.05) is 19.2 Å². The van der Waals surface area contributed by atoms with Gasteiger partial charge >= 0.3 is 0 Å². The van der Waals surface area contributed by atoms with Crippen LogP contribution in [0.3, 0.4) is 0 Å². The number of piperidine rings is 1. The molecule has 0 aromatic heterocycles. The topological polar surface area (TPSA) is 35.5 Å². The number of aliphatic hydroxyl groups is 1. The van der Waals surface area contributed by atoms with Crippen molar-refractivity contribution in [3.63, 3.8) is 0 Å². The minimum atomic E-state index is 0.328. The Kier molecular flexibility index (Phi) is 7.01. The highest BCUT2D eigenvalue weighted by Crippen LogP contribution is 2.20. The third-order valence-electron chi connectivity index (χ3n) is 3.69. The molecule has 0 saturated carbocycles. The largest absolute Gasteiger partial charge is 0.396 e. The molecule has 0 aliphatic carbocycles. The van der Waals surface area contributed by atoms with Crippen LogP contribution in [0.15, 0.2) is 0 Å². The van der Waals surface area contributed by atoms with Gasteiger partial charge in [-0.1, -0.05) is 6.92 Å². The van der Waals surface area contributed by atoms with Crippen LogP contribution in [-0.2, 0) is 0 Å². The summed E-state index contributed by atoms with van der Waals surface area (Å²) in [5.74, 6) is 0.844. The number of aliphatic hydroxyl groups excluding tert-OH is 1. The Morgan fingerprint density at radius 3 is 2.62 bits per heavy atom. The van der Waals surface area contributed by atoms with Gasteiger partial charge in [0.25, 0.3) is 0 Å². The lowest BCUT2D eigenvalue weighted by molar-refractivity contribution is 0.150. The van der Waals surface area contributed by atoms with E-state index < -0.39 is 0 Å². The normalized spacial score (nSPS) is 21.2. The third-order valence-corrected chi connectivity index (χ3v) is 3.69. The smallest absolute Gasteiger partial charge is 0.0443 e. The molecule has 0 bridgehead atoms. The molecule has 1 atom stereocenters. The standard InChI is InChI=1S/C13H28N2O/c1-3-7-14-12(2)13-5-9-15(10-6-13)8-4-11-16/h12-14,16H,3-11H2,1-2H3. The summed E-state index contributed by atoms with van der Waals surface area (Å²) in [7, 11) is 0. The maximum absolute atomic E-state index is 8.80. The SMILES string of the molecule is CCCNC(C)C1CCN(CCCO)CC1. The Balaban J connectivity index is 2.15. The molecule has 0 radical (unpaired) electrons. The van der Waals surface area contributed by atoms with E-state index in [0.29, 0.717) is 12.6 Å². The Morgan fingerprint density at radius 1 is 1.38 bits per heavy atom. The predicted octanol–water partition coefficient (Wildman–Crippen LogP) is 1.47. The van der Waals surface area contributed by atoms with E-state index in [-0.39, 0.29) is 0 Å². The number of hydrogen-bond acceptors (Lipinski definition) is 3. The molecule has 0 aromatic carbocycles. The second-order valence-corrected chi connectivity index (χ2v) is 5.00. The molecule has 96 valence electrons. The van der Waals surface area contributed by atoms with Gasteiger partial charge < -0.3 is 15.3 Å². The third kappa shape index (κ3) is 4.81. The monoisotopic (exact) mass is 228 g/mol. The van der Waals surface area contributed by atoms with Crippen molar-refractivity contribution >= 4 is 0 Å². The zero-order chi connectivity index (χ0) is 11.8. The average Bonchev–Trinajstić information content (AvgIpc) is 2.34. The molecule has 1 saturated heterocycles. The van der Waals surface area contributed by atoms with E-state index in [1.165, 1.54) is 32.4 Å². The molecule has 0 spiro atoms. The van der Waals surface area contributed by atoms with Crippen LogP contribution in [0.4, 0.5) is 0 Å². The van der Waals surface area contributed by atoms with Crippen LogP contribution >= 0.6 is 0 Å². The lowest BCUT2D eigenvalue weighted by atomic mass is 9.90. The first-order valence-corrected chi connectivity index (χ1v) is 6.84. The van der Waals surface area contributed by atoms with Crippen molar-refractivity contribution < 1.29 is 5.11 Å². The number of likely N-dealkylation sites (tertiary alicyclic amines) is 1. The molecule has 1 unspecified atom stereocenters. The lowest BCUT2D eigenvalue weighted by Gasteiger charge is -2.35. The zero-order valence-corrected chi connectivity index (χ0v) is 10.9. The van der Waals surface area contributed by atoms with Crippen molar-refractivity contribution in [2.24, 2.45) is 5.92 Å². The fraction of sp³-hybridized carbons (Fsp3) is 1.00. The second kappa shape index (κ2) is 8.04. The quantitative estimate of drug-likeness (QED) is 0.692. The number of nitrogens with zero attached hydrogens (tertiary/aromatic N) is 1. The van der Waals surface area contributed by atoms with Gasteiger partial charge in [-0.15, -0.1) is 0 Å². The summed E-state index contributed by atoms with van der Waals surface area (Å²) < 4.78 is 0. The lowest BCUT2D eigenvalue weighted by Crippen LogP contribution is -2.42. The summed E-state index contributed by atoms with van der Waals surface area (Å²) in [5, 5.41) is 12.4. The van der Waals surface area contributed by atoms with Gasteiger partial charge in [0.05, 0.1) is 0 Å². The van der Waals surface area contributed by atoms with Crippen LogP contribution in [-0.4, -0.2) is 48.8 Å². The minimum Gasteiger partial charge on any atom is -0.396 e. The van der Waals surface area contributed by atoms with Gasteiger partial charge in [0.1, 0.15) is 0 Å². The number of hydrogen-bond donors (Lipinski definition) is 2. The van der Waals surface area contributed by atoms with Crippen molar-refractivity contribution in [3.8, 4) is 0 Å². The molecule has 0 amide bonds. The van der Waals surface area contributed by atoms with Gasteiger partial charge in [-0.25, -0.2) is 0 Å². The molecule has 1 rings (SSSR count). The van der Waals surface area contributed by atoms with Crippen LogP contribution in [0, 0.1) is 5.92 Å². The molecule has 1 aliphatic heterocycles. The van der Waals surface area contributed by atoms with E-state index in [0.717, 1.165) is 25.4 Å². The maximum atomic E-state index is 8.80. The molecule has 1 fully saturated rings. The second-order valence-electron chi connectivity index (χ2n) is 5.00. The fourth-order valence-corrected chi connectivity index (χ4v) is 2.51. The van der Waals surface area contributed by atoms with Gasteiger partial charge in [-0.3, -0.25) is 0 Å². The maximum Gasteiger partial charge on any atom is 0.0443 e. The molecule has 16 heavy (non-hydrogen) atoms. The summed E-state index contributed by atoms with van der Waals surface area (Å²) in [5.41, 5.74) is 0. The number of nitrogens with one attached hydrogen (secondary N) is 1. The van der Waals surface area contributed by atoms with Gasteiger partial charge in [-0.05, 0) is 58.2 Å². The Morgan fingerprint density at radius 2 is 2.06 bits per heavy atom. The minimum absolute atomic E-state index is 0.328. The van der Waals surface area contributed by atoms with Crippen LogP contribution in [0.25, 0.3) is 0 Å². The first kappa shape index (κ1) is 13.9. The summed E-state index contributed by atoms with van der Waals surface area (Å²) in [6.07, 6.45) is 4.76. The van der Waals surface area contributed by atoms with E-state index >= 15 is 0 Å². The van der Waals surface area contributed by atoms with E-state index in [4.69, 9.17) is 5.11 Å². The highest BCUT2D eigenvalue weighted by Gasteiger charge is 2.22. The molecule has 1 aliphatic rings. The van der Waals surface area contributed by atoms with Gasteiger partial charge in [0.2, 0.25) is 0 Å². The summed E-state index contributed by atoms with van der Waals surface area (Å²) >= 11 is 0. The van der Waals surface area contributed by atoms with Crippen molar-refractivity contribution in [1.82, 2.24) is 10.2 Å². The summed E-state index contributed by atoms with van der Waals surface area (Å²) in [4.78, 5) is 2.49. The van der Waals surface area contributed by atoms with Crippen LogP contribution < -0.4 is 5.32 Å². The summed E-state index contributed by atoms with van der Waals surface area (Å²) in [6.45, 7) is 9.51. The van der Waals surface area contributed by atoms with Crippen LogP contribution in [0.1, 0.15) is 39.5 Å². The Hall–Kier alpha value is -0.120. The molecule has 3 heteroatoms. The zero-order valence-electron chi connectivity index (χ0n) is 10.9.